The molecule has 0 spiro atoms. The van der Waals surface area contributed by atoms with Crippen LogP contribution in [-0.2, 0) is 0 Å². The van der Waals surface area contributed by atoms with E-state index < -0.39 is 0 Å². The van der Waals surface area contributed by atoms with Crippen LogP contribution < -0.4 is 0 Å². The minimum atomic E-state index is -0.0753. The second-order valence-corrected chi connectivity index (χ2v) is 5.01. The second kappa shape index (κ2) is 4.47. The Morgan fingerprint density at radius 1 is 1.17 bits per heavy atom. The van der Waals surface area contributed by atoms with Gasteiger partial charge >= 0.3 is 0 Å². The monoisotopic (exact) mass is 286 g/mol. The van der Waals surface area contributed by atoms with Crippen molar-refractivity contribution in [1.29, 1.82) is 0 Å². The van der Waals surface area contributed by atoms with Crippen LogP contribution in [0.5, 0.6) is 0 Å². The lowest BCUT2D eigenvalue weighted by Gasteiger charge is -2.13. The third-order valence-electron chi connectivity index (χ3n) is 1.72. The average Bonchev–Trinajstić information content (AvgIpc) is 2.04. The average molecular weight is 288 g/mol. The van der Waals surface area contributed by atoms with Crippen molar-refractivity contribution in [2.24, 2.45) is 0 Å². The molecule has 1 rings (SSSR count). The van der Waals surface area contributed by atoms with Gasteiger partial charge in [0.2, 0.25) is 0 Å². The van der Waals surface area contributed by atoms with Gasteiger partial charge in [-0.1, -0.05) is 56.1 Å². The van der Waals surface area contributed by atoms with E-state index in [-0.39, 0.29) is 4.73 Å². The van der Waals surface area contributed by atoms with Crippen LogP contribution in [0.15, 0.2) is 24.3 Å². The Morgan fingerprint density at radius 2 is 1.67 bits per heavy atom. The molecule has 0 saturated carbocycles. The number of alkyl halides is 2. The first kappa shape index (κ1) is 10.3. The highest BCUT2D eigenvalue weighted by molar-refractivity contribution is 9.09. The Hall–Kier alpha value is 0.245. The highest BCUT2D eigenvalue weighted by Gasteiger charge is 2.09. The summed E-state index contributed by atoms with van der Waals surface area (Å²) in [6, 6.07) is 8.13. The van der Waals surface area contributed by atoms with Crippen molar-refractivity contribution < 1.29 is 0 Å². The van der Waals surface area contributed by atoms with Gasteiger partial charge in [-0.15, -0.1) is 0 Å². The molecule has 1 aromatic rings. The van der Waals surface area contributed by atoms with Crippen LogP contribution in [0.25, 0.3) is 0 Å². The summed E-state index contributed by atoms with van der Waals surface area (Å²) in [4.78, 5) is 0.345. The van der Waals surface area contributed by atoms with Crippen LogP contribution in [0.2, 0.25) is 0 Å². The van der Waals surface area contributed by atoms with E-state index >= 15 is 0 Å². The first-order valence-corrected chi connectivity index (χ1v) is 5.58. The van der Waals surface area contributed by atoms with Gasteiger partial charge in [-0.2, -0.15) is 0 Å². The number of rotatable bonds is 2. The lowest BCUT2D eigenvalue weighted by Crippen LogP contribution is -1.96. The fraction of sp³-hybridized carbons (Fsp3) is 0.333. The van der Waals surface area contributed by atoms with Crippen LogP contribution in [-0.4, -0.2) is 7.85 Å². The van der Waals surface area contributed by atoms with Gasteiger partial charge in [0.1, 0.15) is 0 Å². The van der Waals surface area contributed by atoms with Gasteiger partial charge in [0.15, 0.2) is 0 Å². The summed E-state index contributed by atoms with van der Waals surface area (Å²) in [7, 11) is 5.75. The topological polar surface area (TPSA) is 0 Å². The zero-order chi connectivity index (χ0) is 9.14. The van der Waals surface area contributed by atoms with E-state index in [4.69, 9.17) is 7.85 Å². The van der Waals surface area contributed by atoms with Crippen molar-refractivity contribution >= 4 is 39.7 Å². The lowest BCUT2D eigenvalue weighted by molar-refractivity contribution is 1.08. The van der Waals surface area contributed by atoms with Crippen molar-refractivity contribution in [1.82, 2.24) is 0 Å². The number of hydrogen-bond donors (Lipinski definition) is 0. The summed E-state index contributed by atoms with van der Waals surface area (Å²) in [6.07, 6.45) is 0. The van der Waals surface area contributed by atoms with Crippen molar-refractivity contribution in [3.63, 3.8) is 0 Å². The molecule has 0 aliphatic carbocycles. The Morgan fingerprint density at radius 3 is 2.00 bits per heavy atom. The minimum Gasteiger partial charge on any atom is -0.0946 e. The Labute approximate surface area is 91.4 Å². The van der Waals surface area contributed by atoms with Gasteiger partial charge in [0, 0.05) is 9.55 Å². The molecular weight excluding hydrogens is 279 g/mol. The Bertz CT molecular complexity index is 231. The molecule has 0 aromatic heterocycles. The fourth-order valence-electron chi connectivity index (χ4n) is 1.12. The molecule has 1 aromatic carbocycles. The molecule has 0 aliphatic rings. The Balaban J connectivity index is 3.09. The van der Waals surface area contributed by atoms with E-state index in [2.05, 4.69) is 44.8 Å². The molecule has 12 heavy (non-hydrogen) atoms. The van der Waals surface area contributed by atoms with E-state index in [1.54, 1.807) is 0 Å². The third kappa shape index (κ3) is 2.36. The first-order valence-electron chi connectivity index (χ1n) is 3.75. The summed E-state index contributed by atoms with van der Waals surface area (Å²) in [5.41, 5.74) is 2.38. The molecule has 2 unspecified atom stereocenters. The summed E-state index contributed by atoms with van der Waals surface area (Å²) in [6.45, 7) is 2.09. The standard InChI is InChI=1S/C9H9BBr2/c1-6(11)7-4-2-3-5-8(7)9(10)12/h2-6,9H,1H3. The minimum absolute atomic E-state index is 0.0753. The van der Waals surface area contributed by atoms with Crippen LogP contribution in [0.1, 0.15) is 27.6 Å². The summed E-state index contributed by atoms with van der Waals surface area (Å²) in [5.74, 6) is 0. The van der Waals surface area contributed by atoms with Crippen molar-refractivity contribution in [2.75, 3.05) is 0 Å². The molecule has 0 aliphatic heterocycles. The number of halogens is 2. The lowest BCUT2D eigenvalue weighted by atomic mass is 9.92. The maximum atomic E-state index is 5.75. The fourth-order valence-corrected chi connectivity index (χ4v) is 1.96. The maximum Gasteiger partial charge on any atom is 0.0920 e. The normalized spacial score (nSPS) is 15.6. The highest BCUT2D eigenvalue weighted by atomic mass is 79.9. The SMILES string of the molecule is [B]C(Br)c1ccccc1C(C)Br. The van der Waals surface area contributed by atoms with Gasteiger partial charge in [0.05, 0.1) is 7.85 Å². The largest absolute Gasteiger partial charge is 0.0946 e. The molecule has 2 atom stereocenters. The molecule has 0 fully saturated rings. The van der Waals surface area contributed by atoms with E-state index in [9.17, 15) is 0 Å². The highest BCUT2D eigenvalue weighted by Crippen LogP contribution is 2.30. The second-order valence-electron chi connectivity index (χ2n) is 2.65. The van der Waals surface area contributed by atoms with Crippen LogP contribution in [0.4, 0.5) is 0 Å². The predicted octanol–water partition coefficient (Wildman–Crippen LogP) is 3.70. The van der Waals surface area contributed by atoms with E-state index in [1.165, 1.54) is 5.56 Å². The molecular formula is C9H9BBr2. The van der Waals surface area contributed by atoms with E-state index in [0.29, 0.717) is 4.83 Å². The zero-order valence-corrected chi connectivity index (χ0v) is 9.97. The molecule has 0 saturated heterocycles. The molecule has 0 amide bonds. The summed E-state index contributed by atoms with van der Waals surface area (Å²) >= 11 is 6.88. The maximum absolute atomic E-state index is 5.75. The molecule has 3 heteroatoms. The molecule has 2 radical (unpaired) electrons. The first-order chi connectivity index (χ1) is 5.63. The third-order valence-corrected chi connectivity index (χ3v) is 2.71. The quantitative estimate of drug-likeness (QED) is 0.575. The molecule has 0 heterocycles. The zero-order valence-electron chi connectivity index (χ0n) is 6.80. The summed E-state index contributed by atoms with van der Waals surface area (Å²) in [5, 5.41) is 0. The van der Waals surface area contributed by atoms with Crippen molar-refractivity contribution in [3.05, 3.63) is 35.4 Å². The van der Waals surface area contributed by atoms with Crippen molar-refractivity contribution in [3.8, 4) is 0 Å². The van der Waals surface area contributed by atoms with Gasteiger partial charge < -0.3 is 0 Å². The van der Waals surface area contributed by atoms with Gasteiger partial charge in [0.25, 0.3) is 0 Å². The van der Waals surface area contributed by atoms with Crippen LogP contribution in [0.3, 0.4) is 0 Å². The molecule has 62 valence electrons. The van der Waals surface area contributed by atoms with Crippen LogP contribution in [0, 0.1) is 0 Å². The number of benzene rings is 1. The van der Waals surface area contributed by atoms with E-state index in [1.807, 2.05) is 18.2 Å². The van der Waals surface area contributed by atoms with Gasteiger partial charge in [-0.05, 0) is 18.1 Å². The van der Waals surface area contributed by atoms with E-state index in [0.717, 1.165) is 5.56 Å². The van der Waals surface area contributed by atoms with Gasteiger partial charge in [-0.3, -0.25) is 0 Å². The molecule has 0 N–H and O–H groups in total. The smallest absolute Gasteiger partial charge is 0.0920 e. The summed E-state index contributed by atoms with van der Waals surface area (Å²) < 4.78 is -0.0753. The predicted molar refractivity (Wildman–Crippen MR) is 61.2 cm³/mol. The molecule has 0 nitrogen and oxygen atoms in total. The number of hydrogen-bond acceptors (Lipinski definition) is 0. The van der Waals surface area contributed by atoms with Crippen LogP contribution >= 0.6 is 31.9 Å². The van der Waals surface area contributed by atoms with Gasteiger partial charge in [-0.25, -0.2) is 0 Å². The molecule has 0 bridgehead atoms. The van der Waals surface area contributed by atoms with Crippen molar-refractivity contribution in [2.45, 2.75) is 16.5 Å². The Kier molecular flexibility index (Phi) is 3.85.